The van der Waals surface area contributed by atoms with Gasteiger partial charge in [-0.15, -0.1) is 0 Å². The van der Waals surface area contributed by atoms with Crippen molar-refractivity contribution >= 4 is 17.8 Å². The van der Waals surface area contributed by atoms with E-state index in [-0.39, 0.29) is 23.7 Å². The van der Waals surface area contributed by atoms with E-state index >= 15 is 0 Å². The highest BCUT2D eigenvalue weighted by atomic mass is 16.5. The van der Waals surface area contributed by atoms with Crippen LogP contribution in [0.4, 0.5) is 0 Å². The monoisotopic (exact) mass is 372 g/mol. The summed E-state index contributed by atoms with van der Waals surface area (Å²) in [6, 6.07) is 13.6. The summed E-state index contributed by atoms with van der Waals surface area (Å²) < 4.78 is 15.3. The van der Waals surface area contributed by atoms with Crippen LogP contribution in [0.1, 0.15) is 15.9 Å². The minimum Gasteiger partial charge on any atom is -0.493 e. The molecule has 0 unspecified atom stereocenters. The molecule has 0 saturated heterocycles. The Labute approximate surface area is 156 Å². The van der Waals surface area contributed by atoms with Gasteiger partial charge in [0.2, 0.25) is 0 Å². The van der Waals surface area contributed by atoms with Gasteiger partial charge in [-0.25, -0.2) is 4.79 Å². The molecule has 2 rings (SSSR count). The van der Waals surface area contributed by atoms with Crippen LogP contribution in [-0.4, -0.2) is 38.1 Å². The standard InChI is InChI=1S/C19H20N2O6/c1-25-16-9-14(7-8-15(16)26-11-17(20)22)19(24)27-12-18(23)21-10-13-5-3-2-4-6-13/h2-9H,10-12H2,1H3,(H2,20,22)(H,21,23). The first-order chi connectivity index (χ1) is 13.0. The molecule has 0 radical (unpaired) electrons. The third-order valence-electron chi connectivity index (χ3n) is 3.44. The molecular weight excluding hydrogens is 352 g/mol. The number of esters is 1. The van der Waals surface area contributed by atoms with Crippen molar-refractivity contribution in [3.05, 3.63) is 59.7 Å². The molecule has 0 saturated carbocycles. The van der Waals surface area contributed by atoms with Gasteiger partial charge in [0.05, 0.1) is 12.7 Å². The first-order valence-electron chi connectivity index (χ1n) is 8.06. The zero-order valence-corrected chi connectivity index (χ0v) is 14.8. The molecule has 0 aliphatic heterocycles. The average molecular weight is 372 g/mol. The Morgan fingerprint density at radius 2 is 1.74 bits per heavy atom. The van der Waals surface area contributed by atoms with Crippen LogP contribution in [-0.2, 0) is 20.9 Å². The Morgan fingerprint density at radius 3 is 2.41 bits per heavy atom. The summed E-state index contributed by atoms with van der Waals surface area (Å²) in [4.78, 5) is 34.7. The van der Waals surface area contributed by atoms with E-state index in [0.717, 1.165) is 5.56 Å². The number of nitrogens with two attached hydrogens (primary N) is 1. The SMILES string of the molecule is COc1cc(C(=O)OCC(=O)NCc2ccccc2)ccc1OCC(N)=O. The third kappa shape index (κ3) is 6.35. The van der Waals surface area contributed by atoms with Gasteiger partial charge in [-0.2, -0.15) is 0 Å². The third-order valence-corrected chi connectivity index (χ3v) is 3.44. The van der Waals surface area contributed by atoms with Crippen LogP contribution in [0.2, 0.25) is 0 Å². The maximum Gasteiger partial charge on any atom is 0.338 e. The zero-order chi connectivity index (χ0) is 19.6. The van der Waals surface area contributed by atoms with Crippen LogP contribution < -0.4 is 20.5 Å². The Hall–Kier alpha value is -3.55. The minimum absolute atomic E-state index is 0.175. The fourth-order valence-electron chi connectivity index (χ4n) is 2.12. The van der Waals surface area contributed by atoms with E-state index in [1.54, 1.807) is 0 Å². The second-order valence-electron chi connectivity index (χ2n) is 5.46. The highest BCUT2D eigenvalue weighted by molar-refractivity contribution is 5.92. The summed E-state index contributed by atoms with van der Waals surface area (Å²) in [6.45, 7) is -0.382. The lowest BCUT2D eigenvalue weighted by Gasteiger charge is -2.11. The number of carbonyl (C=O) groups is 3. The van der Waals surface area contributed by atoms with E-state index in [1.165, 1.54) is 25.3 Å². The molecule has 0 aliphatic rings. The summed E-state index contributed by atoms with van der Waals surface area (Å²) in [5.74, 6) is -1.25. The highest BCUT2D eigenvalue weighted by Gasteiger charge is 2.14. The quantitative estimate of drug-likeness (QED) is 0.635. The topological polar surface area (TPSA) is 117 Å². The van der Waals surface area contributed by atoms with Crippen molar-refractivity contribution in [3.63, 3.8) is 0 Å². The Morgan fingerprint density at radius 1 is 1.00 bits per heavy atom. The largest absolute Gasteiger partial charge is 0.493 e. The number of primary amides is 1. The molecule has 2 amide bonds. The van der Waals surface area contributed by atoms with Gasteiger partial charge in [0.15, 0.2) is 24.7 Å². The molecule has 0 aliphatic carbocycles. The molecule has 8 heteroatoms. The predicted octanol–water partition coefficient (Wildman–Crippen LogP) is 1.03. The summed E-state index contributed by atoms with van der Waals surface area (Å²) in [5, 5.41) is 2.66. The second kappa shape index (κ2) is 9.81. The Balaban J connectivity index is 1.87. The van der Waals surface area contributed by atoms with Gasteiger partial charge in [0, 0.05) is 6.54 Å². The lowest BCUT2D eigenvalue weighted by atomic mass is 10.2. The number of benzene rings is 2. The van der Waals surface area contributed by atoms with E-state index < -0.39 is 24.4 Å². The average Bonchev–Trinajstić information content (AvgIpc) is 2.69. The smallest absolute Gasteiger partial charge is 0.338 e. The first-order valence-corrected chi connectivity index (χ1v) is 8.06. The van der Waals surface area contributed by atoms with Crippen molar-refractivity contribution in [1.29, 1.82) is 0 Å². The lowest BCUT2D eigenvalue weighted by Crippen LogP contribution is -2.28. The molecule has 2 aromatic carbocycles. The normalized spacial score (nSPS) is 9.96. The molecule has 27 heavy (non-hydrogen) atoms. The van der Waals surface area contributed by atoms with Crippen LogP contribution in [0.25, 0.3) is 0 Å². The summed E-state index contributed by atoms with van der Waals surface area (Å²) in [7, 11) is 1.39. The van der Waals surface area contributed by atoms with Gasteiger partial charge in [0.25, 0.3) is 11.8 Å². The van der Waals surface area contributed by atoms with Crippen molar-refractivity contribution < 1.29 is 28.6 Å². The van der Waals surface area contributed by atoms with E-state index in [0.29, 0.717) is 6.54 Å². The van der Waals surface area contributed by atoms with Crippen molar-refractivity contribution in [1.82, 2.24) is 5.32 Å². The lowest BCUT2D eigenvalue weighted by molar-refractivity contribution is -0.124. The van der Waals surface area contributed by atoms with E-state index in [4.69, 9.17) is 19.9 Å². The Kier molecular flexibility index (Phi) is 7.18. The number of methoxy groups -OCH3 is 1. The maximum atomic E-state index is 12.1. The van der Waals surface area contributed by atoms with Crippen LogP contribution in [0.5, 0.6) is 11.5 Å². The van der Waals surface area contributed by atoms with Crippen LogP contribution in [0.15, 0.2) is 48.5 Å². The predicted molar refractivity (Wildman–Crippen MR) is 96.3 cm³/mol. The summed E-state index contributed by atoms with van der Waals surface area (Å²) >= 11 is 0. The molecule has 0 bridgehead atoms. The van der Waals surface area contributed by atoms with E-state index in [9.17, 15) is 14.4 Å². The number of hydrogen-bond donors (Lipinski definition) is 2. The van der Waals surface area contributed by atoms with E-state index in [1.807, 2.05) is 30.3 Å². The molecule has 0 aromatic heterocycles. The highest BCUT2D eigenvalue weighted by Crippen LogP contribution is 2.28. The molecule has 0 fully saturated rings. The van der Waals surface area contributed by atoms with Crippen LogP contribution in [0, 0.1) is 0 Å². The number of nitrogens with one attached hydrogen (secondary N) is 1. The minimum atomic E-state index is -0.690. The molecule has 8 nitrogen and oxygen atoms in total. The van der Waals surface area contributed by atoms with Crippen molar-refractivity contribution in [2.45, 2.75) is 6.54 Å². The number of rotatable bonds is 9. The fourth-order valence-corrected chi connectivity index (χ4v) is 2.12. The van der Waals surface area contributed by atoms with Gasteiger partial charge in [-0.3, -0.25) is 9.59 Å². The number of amides is 2. The molecule has 0 spiro atoms. The van der Waals surface area contributed by atoms with Crippen LogP contribution in [0.3, 0.4) is 0 Å². The van der Waals surface area contributed by atoms with Crippen molar-refractivity contribution in [2.75, 3.05) is 20.3 Å². The molecular formula is C19H20N2O6. The van der Waals surface area contributed by atoms with Gasteiger partial charge >= 0.3 is 5.97 Å². The fraction of sp³-hybridized carbons (Fsp3) is 0.211. The van der Waals surface area contributed by atoms with Gasteiger partial charge in [0.1, 0.15) is 0 Å². The Bertz CT molecular complexity index is 807. The molecule has 0 atom stereocenters. The molecule has 2 aromatic rings. The second-order valence-corrected chi connectivity index (χ2v) is 5.46. The first kappa shape index (κ1) is 19.8. The van der Waals surface area contributed by atoms with Crippen LogP contribution >= 0.6 is 0 Å². The molecule has 142 valence electrons. The summed E-state index contributed by atoms with van der Waals surface area (Å²) in [5.41, 5.74) is 6.14. The van der Waals surface area contributed by atoms with Gasteiger partial charge in [-0.1, -0.05) is 30.3 Å². The molecule has 0 heterocycles. The van der Waals surface area contributed by atoms with Crippen molar-refractivity contribution in [2.24, 2.45) is 5.73 Å². The zero-order valence-electron chi connectivity index (χ0n) is 14.8. The molecule has 3 N–H and O–H groups in total. The van der Waals surface area contributed by atoms with Crippen molar-refractivity contribution in [3.8, 4) is 11.5 Å². The number of carbonyl (C=O) groups excluding carboxylic acids is 3. The van der Waals surface area contributed by atoms with E-state index in [2.05, 4.69) is 5.32 Å². The van der Waals surface area contributed by atoms with Gasteiger partial charge < -0.3 is 25.3 Å². The van der Waals surface area contributed by atoms with Gasteiger partial charge in [-0.05, 0) is 23.8 Å². The summed E-state index contributed by atoms with van der Waals surface area (Å²) in [6.07, 6.45) is 0. The maximum absolute atomic E-state index is 12.1. The number of ether oxygens (including phenoxy) is 3. The number of hydrogen-bond acceptors (Lipinski definition) is 6.